The van der Waals surface area contributed by atoms with Crippen molar-refractivity contribution in [1.82, 2.24) is 4.90 Å². The third kappa shape index (κ3) is 2.20. The highest BCUT2D eigenvalue weighted by molar-refractivity contribution is 5.74. The van der Waals surface area contributed by atoms with Crippen molar-refractivity contribution >= 4 is 5.97 Å². The van der Waals surface area contributed by atoms with Crippen LogP contribution < -0.4 is 5.73 Å². The Kier molecular flexibility index (Phi) is 3.73. The van der Waals surface area contributed by atoms with Crippen LogP contribution in [-0.2, 0) is 9.53 Å². The van der Waals surface area contributed by atoms with Gasteiger partial charge in [-0.15, -0.1) is 0 Å². The Morgan fingerprint density at radius 1 is 1.53 bits per heavy atom. The summed E-state index contributed by atoms with van der Waals surface area (Å²) in [5, 5.41) is 0. The van der Waals surface area contributed by atoms with Gasteiger partial charge in [-0.2, -0.15) is 0 Å². The molecule has 98 valence electrons. The summed E-state index contributed by atoms with van der Waals surface area (Å²) in [6.07, 6.45) is 4.77. The van der Waals surface area contributed by atoms with E-state index in [0.717, 1.165) is 19.5 Å². The fraction of sp³-hybridized carbons (Fsp3) is 0.923. The maximum absolute atomic E-state index is 12.0. The number of nitrogens with two attached hydrogens (primary N) is 1. The fourth-order valence-electron chi connectivity index (χ4n) is 3.31. The van der Waals surface area contributed by atoms with Gasteiger partial charge in [0, 0.05) is 19.1 Å². The zero-order chi connectivity index (χ0) is 12.5. The number of esters is 1. The van der Waals surface area contributed by atoms with Gasteiger partial charge < -0.3 is 10.5 Å². The number of rotatable bonds is 3. The molecule has 0 aromatic rings. The molecular weight excluding hydrogens is 216 g/mol. The molecule has 2 unspecified atom stereocenters. The van der Waals surface area contributed by atoms with Crippen LogP contribution >= 0.6 is 0 Å². The highest BCUT2D eigenvalue weighted by Crippen LogP contribution is 2.52. The molecule has 1 heterocycles. The van der Waals surface area contributed by atoms with Crippen LogP contribution in [-0.4, -0.2) is 43.7 Å². The lowest BCUT2D eigenvalue weighted by Gasteiger charge is -2.53. The lowest BCUT2D eigenvalue weighted by molar-refractivity contribution is -0.160. The van der Waals surface area contributed by atoms with Crippen LogP contribution in [0.5, 0.6) is 0 Å². The molecule has 2 aliphatic rings. The first-order valence-electron chi connectivity index (χ1n) is 6.65. The number of methoxy groups -OCH3 is 1. The first kappa shape index (κ1) is 12.8. The summed E-state index contributed by atoms with van der Waals surface area (Å²) < 4.78 is 4.99. The first-order chi connectivity index (χ1) is 8.13. The smallest absolute Gasteiger partial charge is 0.310 e. The van der Waals surface area contributed by atoms with Crippen molar-refractivity contribution < 1.29 is 9.53 Å². The molecule has 4 heteroatoms. The molecule has 2 N–H and O–H groups in total. The van der Waals surface area contributed by atoms with E-state index in [-0.39, 0.29) is 17.3 Å². The second-order valence-electron chi connectivity index (χ2n) is 5.62. The average molecular weight is 240 g/mol. The third-order valence-electron chi connectivity index (χ3n) is 4.85. The van der Waals surface area contributed by atoms with Crippen molar-refractivity contribution in [1.29, 1.82) is 0 Å². The molecule has 4 nitrogen and oxygen atoms in total. The van der Waals surface area contributed by atoms with E-state index in [4.69, 9.17) is 10.5 Å². The molecule has 2 fully saturated rings. The van der Waals surface area contributed by atoms with Crippen LogP contribution in [0.3, 0.4) is 0 Å². The van der Waals surface area contributed by atoms with Crippen LogP contribution in [0.25, 0.3) is 0 Å². The molecule has 1 spiro atoms. The van der Waals surface area contributed by atoms with Gasteiger partial charge in [0.2, 0.25) is 0 Å². The Bertz CT molecular complexity index is 289. The van der Waals surface area contributed by atoms with Crippen LogP contribution in [0.4, 0.5) is 0 Å². The van der Waals surface area contributed by atoms with Gasteiger partial charge in [0.05, 0.1) is 13.0 Å². The highest BCUT2D eigenvalue weighted by Gasteiger charge is 2.51. The van der Waals surface area contributed by atoms with Gasteiger partial charge in [-0.1, -0.05) is 6.42 Å². The number of piperidine rings is 1. The Balaban J connectivity index is 2.08. The molecule has 2 rings (SSSR count). The summed E-state index contributed by atoms with van der Waals surface area (Å²) in [5.41, 5.74) is 5.96. The fourth-order valence-corrected chi connectivity index (χ4v) is 3.31. The zero-order valence-electron chi connectivity index (χ0n) is 10.9. The number of hydrogen-bond donors (Lipinski definition) is 1. The average Bonchev–Trinajstić information content (AvgIpc) is 2.34. The van der Waals surface area contributed by atoms with Crippen molar-refractivity contribution in [2.45, 2.75) is 38.6 Å². The Hall–Kier alpha value is -0.610. The second-order valence-corrected chi connectivity index (χ2v) is 5.62. The molecule has 0 amide bonds. The van der Waals surface area contributed by atoms with Crippen LogP contribution in [0, 0.1) is 11.3 Å². The molecular formula is C13H24N2O2. The second kappa shape index (κ2) is 4.94. The van der Waals surface area contributed by atoms with E-state index in [2.05, 4.69) is 11.8 Å². The van der Waals surface area contributed by atoms with E-state index in [1.165, 1.54) is 26.4 Å². The van der Waals surface area contributed by atoms with Crippen molar-refractivity contribution in [3.8, 4) is 0 Å². The number of carbonyl (C=O) groups excluding carboxylic acids is 1. The summed E-state index contributed by atoms with van der Waals surface area (Å²) in [6.45, 7) is 4.69. The van der Waals surface area contributed by atoms with Gasteiger partial charge in [0.15, 0.2) is 0 Å². The number of nitrogens with zero attached hydrogens (tertiary/aromatic N) is 1. The molecule has 1 saturated heterocycles. The minimum absolute atomic E-state index is 0.0291. The topological polar surface area (TPSA) is 55.6 Å². The van der Waals surface area contributed by atoms with E-state index in [0.29, 0.717) is 12.6 Å². The monoisotopic (exact) mass is 240 g/mol. The molecule has 1 saturated carbocycles. The van der Waals surface area contributed by atoms with Gasteiger partial charge in [0.25, 0.3) is 0 Å². The molecule has 0 aromatic carbocycles. The van der Waals surface area contributed by atoms with E-state index < -0.39 is 0 Å². The maximum Gasteiger partial charge on any atom is 0.310 e. The molecule has 2 atom stereocenters. The molecule has 1 aliphatic heterocycles. The predicted molar refractivity (Wildman–Crippen MR) is 66.5 cm³/mol. The normalized spacial score (nSPS) is 29.7. The molecule has 17 heavy (non-hydrogen) atoms. The molecule has 0 aromatic heterocycles. The van der Waals surface area contributed by atoms with Crippen LogP contribution in [0.1, 0.15) is 32.6 Å². The molecule has 0 radical (unpaired) electrons. The lowest BCUT2D eigenvalue weighted by atomic mass is 9.57. The van der Waals surface area contributed by atoms with E-state index in [1.54, 1.807) is 0 Å². The largest absolute Gasteiger partial charge is 0.469 e. The van der Waals surface area contributed by atoms with E-state index >= 15 is 0 Å². The Morgan fingerprint density at radius 2 is 2.24 bits per heavy atom. The molecule has 1 aliphatic carbocycles. The van der Waals surface area contributed by atoms with Crippen molar-refractivity contribution in [3.05, 3.63) is 0 Å². The van der Waals surface area contributed by atoms with Gasteiger partial charge in [-0.25, -0.2) is 0 Å². The van der Waals surface area contributed by atoms with E-state index in [1.807, 2.05) is 0 Å². The highest BCUT2D eigenvalue weighted by atomic mass is 16.5. The summed E-state index contributed by atoms with van der Waals surface area (Å²) >= 11 is 0. The Morgan fingerprint density at radius 3 is 2.71 bits per heavy atom. The maximum atomic E-state index is 12.0. The first-order valence-corrected chi connectivity index (χ1v) is 6.65. The van der Waals surface area contributed by atoms with Crippen molar-refractivity contribution in [2.75, 3.05) is 26.7 Å². The summed E-state index contributed by atoms with van der Waals surface area (Å²) in [7, 11) is 1.50. The third-order valence-corrected chi connectivity index (χ3v) is 4.85. The van der Waals surface area contributed by atoms with Crippen molar-refractivity contribution in [3.63, 3.8) is 0 Å². The standard InChI is InChI=1S/C13H24N2O2/c1-10(8-14)15-7-6-13(4-3-5-13)11(9-15)12(16)17-2/h10-11H,3-9,14H2,1-2H3. The minimum atomic E-state index is -0.0291. The number of likely N-dealkylation sites (tertiary alicyclic amines) is 1. The van der Waals surface area contributed by atoms with Crippen LogP contribution in [0.2, 0.25) is 0 Å². The molecule has 0 bridgehead atoms. The summed E-state index contributed by atoms with van der Waals surface area (Å²) in [6, 6.07) is 0.361. The number of carbonyl (C=O) groups is 1. The summed E-state index contributed by atoms with van der Waals surface area (Å²) in [4.78, 5) is 14.3. The Labute approximate surface area is 103 Å². The quantitative estimate of drug-likeness (QED) is 0.748. The van der Waals surface area contributed by atoms with Gasteiger partial charge >= 0.3 is 5.97 Å². The minimum Gasteiger partial charge on any atom is -0.469 e. The van der Waals surface area contributed by atoms with E-state index in [9.17, 15) is 4.79 Å². The SMILES string of the molecule is COC(=O)C1CN(C(C)CN)CCC12CCC2. The lowest BCUT2D eigenvalue weighted by Crippen LogP contribution is -2.56. The van der Waals surface area contributed by atoms with Crippen LogP contribution in [0.15, 0.2) is 0 Å². The predicted octanol–water partition coefficient (Wildman–Crippen LogP) is 0.999. The summed E-state index contributed by atoms with van der Waals surface area (Å²) in [5.74, 6) is 0.0302. The number of hydrogen-bond acceptors (Lipinski definition) is 4. The van der Waals surface area contributed by atoms with Gasteiger partial charge in [-0.3, -0.25) is 9.69 Å². The van der Waals surface area contributed by atoms with Gasteiger partial charge in [-0.05, 0) is 38.1 Å². The van der Waals surface area contributed by atoms with Crippen molar-refractivity contribution in [2.24, 2.45) is 17.1 Å². The zero-order valence-corrected chi connectivity index (χ0v) is 10.9. The van der Waals surface area contributed by atoms with Gasteiger partial charge in [0.1, 0.15) is 0 Å². The number of ether oxygens (including phenoxy) is 1.